The summed E-state index contributed by atoms with van der Waals surface area (Å²) in [4.78, 5) is 35.9. The maximum absolute atomic E-state index is 12.1. The number of amides is 2. The summed E-state index contributed by atoms with van der Waals surface area (Å²) >= 11 is 0. The first kappa shape index (κ1) is 22.1. The Hall–Kier alpha value is -3.20. The molecule has 0 aliphatic heterocycles. The van der Waals surface area contributed by atoms with E-state index in [1.807, 2.05) is 0 Å². The topological polar surface area (TPSA) is 119 Å². The molecule has 8 nitrogen and oxygen atoms in total. The molecule has 0 unspecified atom stereocenters. The molecular weight excluding hydrogens is 396 g/mol. The number of sulfone groups is 1. The number of carbonyl (C=O) groups is 3. The molecule has 0 heterocycles. The second kappa shape index (κ2) is 9.83. The number of carbonyl (C=O) groups excluding carboxylic acids is 3. The van der Waals surface area contributed by atoms with E-state index >= 15 is 0 Å². The van der Waals surface area contributed by atoms with E-state index in [1.54, 1.807) is 44.2 Å². The Balaban J connectivity index is 1.94. The summed E-state index contributed by atoms with van der Waals surface area (Å²) in [5.41, 5.74) is 0.931. The van der Waals surface area contributed by atoms with Crippen molar-refractivity contribution in [1.29, 1.82) is 0 Å². The van der Waals surface area contributed by atoms with Crippen molar-refractivity contribution in [2.75, 3.05) is 22.1 Å². The number of rotatable bonds is 8. The van der Waals surface area contributed by atoms with Gasteiger partial charge < -0.3 is 15.4 Å². The molecule has 29 heavy (non-hydrogen) atoms. The minimum Gasteiger partial charge on any atom is -0.459 e. The molecule has 9 heteroatoms. The Morgan fingerprint density at radius 1 is 0.862 bits per heavy atom. The molecule has 2 N–H and O–H groups in total. The van der Waals surface area contributed by atoms with Crippen LogP contribution in [0.4, 0.5) is 11.4 Å². The van der Waals surface area contributed by atoms with Gasteiger partial charge in [0, 0.05) is 11.4 Å². The number of esters is 1. The van der Waals surface area contributed by atoms with Crippen LogP contribution in [0.5, 0.6) is 0 Å². The van der Waals surface area contributed by atoms with Crippen molar-refractivity contribution in [3.63, 3.8) is 0 Å². The van der Waals surface area contributed by atoms with Gasteiger partial charge in [-0.25, -0.2) is 13.2 Å². The lowest BCUT2D eigenvalue weighted by molar-refractivity contribution is -0.114. The normalized spacial score (nSPS) is 11.0. The zero-order chi connectivity index (χ0) is 21.4. The molecule has 0 radical (unpaired) electrons. The SMILES string of the molecule is CC(C)OC(=O)c1cccc(NC(=O)CS(=O)(=O)CC(=O)Nc2ccccc2)c1. The largest absolute Gasteiger partial charge is 0.459 e. The highest BCUT2D eigenvalue weighted by Gasteiger charge is 2.21. The highest BCUT2D eigenvalue weighted by molar-refractivity contribution is 7.92. The summed E-state index contributed by atoms with van der Waals surface area (Å²) in [5.74, 6) is -3.79. The summed E-state index contributed by atoms with van der Waals surface area (Å²) in [6.07, 6.45) is -0.298. The molecule has 2 rings (SSSR count). The average molecular weight is 418 g/mol. The summed E-state index contributed by atoms with van der Waals surface area (Å²) in [6.45, 7) is 3.42. The Morgan fingerprint density at radius 3 is 2.00 bits per heavy atom. The van der Waals surface area contributed by atoms with Crippen LogP contribution < -0.4 is 10.6 Å². The second-order valence-electron chi connectivity index (χ2n) is 6.53. The van der Waals surface area contributed by atoms with Crippen LogP contribution in [-0.2, 0) is 24.2 Å². The Bertz CT molecular complexity index is 987. The average Bonchev–Trinajstić information content (AvgIpc) is 2.60. The third-order valence-electron chi connectivity index (χ3n) is 3.48. The molecule has 0 saturated heterocycles. The Labute approximate surface area is 169 Å². The third-order valence-corrected chi connectivity index (χ3v) is 4.89. The predicted molar refractivity (Wildman–Crippen MR) is 109 cm³/mol. The maximum atomic E-state index is 12.1. The number of para-hydroxylation sites is 1. The standard InChI is InChI=1S/C20H22N2O6S/c1-14(2)28-20(25)15-7-6-10-17(11-15)22-19(24)13-29(26,27)12-18(23)21-16-8-4-3-5-9-16/h3-11,14H,12-13H2,1-2H3,(H,21,23)(H,22,24). The van der Waals surface area contributed by atoms with Gasteiger partial charge in [0.2, 0.25) is 11.8 Å². The lowest BCUT2D eigenvalue weighted by Crippen LogP contribution is -2.30. The van der Waals surface area contributed by atoms with Crippen molar-refractivity contribution in [3.05, 3.63) is 60.2 Å². The fourth-order valence-corrected chi connectivity index (χ4v) is 3.42. The molecule has 0 spiro atoms. The van der Waals surface area contributed by atoms with Gasteiger partial charge >= 0.3 is 5.97 Å². The van der Waals surface area contributed by atoms with E-state index in [0.717, 1.165) is 0 Å². The molecule has 0 aliphatic rings. The second-order valence-corrected chi connectivity index (χ2v) is 8.59. The van der Waals surface area contributed by atoms with E-state index in [-0.39, 0.29) is 17.4 Å². The number of ether oxygens (including phenoxy) is 1. The first-order valence-electron chi connectivity index (χ1n) is 8.81. The van der Waals surface area contributed by atoms with Gasteiger partial charge in [0.25, 0.3) is 0 Å². The van der Waals surface area contributed by atoms with Crippen LogP contribution in [-0.4, -0.2) is 43.8 Å². The van der Waals surface area contributed by atoms with Gasteiger partial charge in [0.05, 0.1) is 11.7 Å². The molecule has 154 valence electrons. The van der Waals surface area contributed by atoms with Gasteiger partial charge in [-0.15, -0.1) is 0 Å². The van der Waals surface area contributed by atoms with Crippen LogP contribution >= 0.6 is 0 Å². The van der Waals surface area contributed by atoms with Crippen molar-refractivity contribution in [2.24, 2.45) is 0 Å². The molecule has 0 bridgehead atoms. The van der Waals surface area contributed by atoms with Crippen molar-refractivity contribution in [2.45, 2.75) is 20.0 Å². The van der Waals surface area contributed by atoms with E-state index in [0.29, 0.717) is 5.69 Å². The van der Waals surface area contributed by atoms with Crippen LogP contribution in [0.1, 0.15) is 24.2 Å². The van der Waals surface area contributed by atoms with Crippen molar-refractivity contribution >= 4 is 39.0 Å². The van der Waals surface area contributed by atoms with E-state index in [9.17, 15) is 22.8 Å². The molecule has 2 aromatic rings. The van der Waals surface area contributed by atoms with Crippen molar-refractivity contribution in [3.8, 4) is 0 Å². The highest BCUT2D eigenvalue weighted by atomic mass is 32.2. The fraction of sp³-hybridized carbons (Fsp3) is 0.250. The summed E-state index contributed by atoms with van der Waals surface area (Å²) in [6, 6.07) is 14.3. The quantitative estimate of drug-likeness (QED) is 0.635. The van der Waals surface area contributed by atoms with Crippen LogP contribution in [0, 0.1) is 0 Å². The van der Waals surface area contributed by atoms with Gasteiger partial charge in [0.15, 0.2) is 9.84 Å². The number of anilines is 2. The first-order chi connectivity index (χ1) is 13.6. The summed E-state index contributed by atoms with van der Waals surface area (Å²) in [5, 5.41) is 4.87. The van der Waals surface area contributed by atoms with Crippen LogP contribution in [0.2, 0.25) is 0 Å². The van der Waals surface area contributed by atoms with E-state index in [2.05, 4.69) is 10.6 Å². The molecule has 0 saturated carbocycles. The molecule has 0 aliphatic carbocycles. The first-order valence-corrected chi connectivity index (χ1v) is 10.6. The summed E-state index contributed by atoms with van der Waals surface area (Å²) < 4.78 is 29.3. The Kier molecular flexibility index (Phi) is 7.49. The Morgan fingerprint density at radius 2 is 1.41 bits per heavy atom. The van der Waals surface area contributed by atoms with E-state index in [4.69, 9.17) is 4.74 Å². The van der Waals surface area contributed by atoms with Gasteiger partial charge in [-0.1, -0.05) is 24.3 Å². The fourth-order valence-electron chi connectivity index (χ4n) is 2.37. The number of hydrogen-bond acceptors (Lipinski definition) is 6. The molecule has 0 fully saturated rings. The lowest BCUT2D eigenvalue weighted by atomic mass is 10.2. The van der Waals surface area contributed by atoms with Crippen molar-refractivity contribution in [1.82, 2.24) is 0 Å². The minimum atomic E-state index is -3.98. The van der Waals surface area contributed by atoms with E-state index in [1.165, 1.54) is 24.3 Å². The number of nitrogens with one attached hydrogen (secondary N) is 2. The third kappa shape index (κ3) is 7.74. The molecule has 2 aromatic carbocycles. The molecule has 0 aromatic heterocycles. The maximum Gasteiger partial charge on any atom is 0.338 e. The van der Waals surface area contributed by atoms with Gasteiger partial charge in [0.1, 0.15) is 11.5 Å². The highest BCUT2D eigenvalue weighted by Crippen LogP contribution is 2.13. The van der Waals surface area contributed by atoms with Crippen LogP contribution in [0.25, 0.3) is 0 Å². The summed E-state index contributed by atoms with van der Waals surface area (Å²) in [7, 11) is -3.98. The number of benzene rings is 2. The smallest absolute Gasteiger partial charge is 0.338 e. The monoisotopic (exact) mass is 418 g/mol. The number of hydrogen-bond donors (Lipinski definition) is 2. The molecule has 0 atom stereocenters. The lowest BCUT2D eigenvalue weighted by Gasteiger charge is -2.10. The van der Waals surface area contributed by atoms with E-state index < -0.39 is 39.1 Å². The minimum absolute atomic E-state index is 0.224. The molecule has 2 amide bonds. The molecular formula is C20H22N2O6S. The van der Waals surface area contributed by atoms with Crippen molar-refractivity contribution < 1.29 is 27.5 Å². The predicted octanol–water partition coefficient (Wildman–Crippen LogP) is 2.24. The van der Waals surface area contributed by atoms with Gasteiger partial charge in [-0.05, 0) is 44.2 Å². The zero-order valence-corrected chi connectivity index (χ0v) is 16.9. The van der Waals surface area contributed by atoms with Gasteiger partial charge in [-0.2, -0.15) is 0 Å². The zero-order valence-electron chi connectivity index (χ0n) is 16.0. The van der Waals surface area contributed by atoms with Crippen LogP contribution in [0.15, 0.2) is 54.6 Å². The van der Waals surface area contributed by atoms with Gasteiger partial charge in [-0.3, -0.25) is 9.59 Å². The van der Waals surface area contributed by atoms with Crippen LogP contribution in [0.3, 0.4) is 0 Å².